The lowest BCUT2D eigenvalue weighted by molar-refractivity contribution is 0.171. The van der Waals surface area contributed by atoms with Crippen molar-refractivity contribution in [1.29, 1.82) is 0 Å². The molecule has 0 spiro atoms. The van der Waals surface area contributed by atoms with Gasteiger partial charge in [-0.1, -0.05) is 18.2 Å². The number of nitrogens with one attached hydrogen (secondary N) is 2. The number of carbonyl (C=O) groups is 1. The summed E-state index contributed by atoms with van der Waals surface area (Å²) in [7, 11) is 0. The standard InChI is InChI=1S/C25H23FN2O5/c26-18-4-1-16(2-5-18)11-20(12-17-3-7-22-23(13-17)33-15-32-22)28-25(29)27-19-6-8-21-24(14-19)31-10-9-30-21/h1-8,13-14,20H,9-12,15H2,(H2,27,28,29). The van der Waals surface area contributed by atoms with E-state index in [1.807, 2.05) is 18.2 Å². The quantitative estimate of drug-likeness (QED) is 0.586. The summed E-state index contributed by atoms with van der Waals surface area (Å²) in [5.41, 5.74) is 2.51. The van der Waals surface area contributed by atoms with Crippen molar-refractivity contribution >= 4 is 11.7 Å². The molecule has 2 aliphatic heterocycles. The molecule has 0 radical (unpaired) electrons. The number of carbonyl (C=O) groups excluding carboxylic acids is 1. The second-order valence-electron chi connectivity index (χ2n) is 7.88. The van der Waals surface area contributed by atoms with Crippen LogP contribution < -0.4 is 29.6 Å². The van der Waals surface area contributed by atoms with Crippen LogP contribution >= 0.6 is 0 Å². The van der Waals surface area contributed by atoms with Crippen molar-refractivity contribution in [2.24, 2.45) is 0 Å². The average Bonchev–Trinajstić information content (AvgIpc) is 3.28. The fourth-order valence-corrected chi connectivity index (χ4v) is 3.91. The molecule has 2 heterocycles. The van der Waals surface area contributed by atoms with Crippen molar-refractivity contribution in [3.8, 4) is 23.0 Å². The Morgan fingerprint density at radius 3 is 2.27 bits per heavy atom. The lowest BCUT2D eigenvalue weighted by atomic mass is 9.98. The SMILES string of the molecule is O=C(Nc1ccc2c(c1)OCCO2)NC(Cc1ccc(F)cc1)Cc1ccc2c(c1)OCO2. The molecule has 0 aliphatic carbocycles. The predicted molar refractivity (Wildman–Crippen MR) is 120 cm³/mol. The summed E-state index contributed by atoms with van der Waals surface area (Å²) in [5.74, 6) is 2.36. The summed E-state index contributed by atoms with van der Waals surface area (Å²) in [5, 5.41) is 5.89. The number of rotatable bonds is 6. The lowest BCUT2D eigenvalue weighted by Crippen LogP contribution is -2.40. The molecule has 8 heteroatoms. The Bertz CT molecular complexity index is 1150. The maximum Gasteiger partial charge on any atom is 0.319 e. The third kappa shape index (κ3) is 5.11. The van der Waals surface area contributed by atoms with Gasteiger partial charge < -0.3 is 29.6 Å². The Morgan fingerprint density at radius 2 is 1.42 bits per heavy atom. The molecule has 7 nitrogen and oxygen atoms in total. The van der Waals surface area contributed by atoms with Crippen molar-refractivity contribution in [2.75, 3.05) is 25.3 Å². The van der Waals surface area contributed by atoms with E-state index in [1.54, 1.807) is 30.3 Å². The zero-order chi connectivity index (χ0) is 22.6. The van der Waals surface area contributed by atoms with Crippen LogP contribution in [0.15, 0.2) is 60.7 Å². The van der Waals surface area contributed by atoms with Gasteiger partial charge in [0.15, 0.2) is 23.0 Å². The highest BCUT2D eigenvalue weighted by atomic mass is 19.1. The van der Waals surface area contributed by atoms with E-state index in [0.717, 1.165) is 11.1 Å². The molecule has 33 heavy (non-hydrogen) atoms. The van der Waals surface area contributed by atoms with Crippen molar-refractivity contribution < 1.29 is 28.1 Å². The molecule has 1 atom stereocenters. The minimum absolute atomic E-state index is 0.202. The van der Waals surface area contributed by atoms with Crippen LogP contribution in [0, 0.1) is 5.82 Å². The van der Waals surface area contributed by atoms with Gasteiger partial charge in [0, 0.05) is 17.8 Å². The zero-order valence-electron chi connectivity index (χ0n) is 17.8. The van der Waals surface area contributed by atoms with Crippen LogP contribution in [0.5, 0.6) is 23.0 Å². The zero-order valence-corrected chi connectivity index (χ0v) is 17.8. The second-order valence-corrected chi connectivity index (χ2v) is 7.88. The molecular weight excluding hydrogens is 427 g/mol. The maximum atomic E-state index is 13.3. The number of benzene rings is 3. The topological polar surface area (TPSA) is 78.1 Å². The van der Waals surface area contributed by atoms with Crippen LogP contribution in [0.3, 0.4) is 0 Å². The van der Waals surface area contributed by atoms with Crippen molar-refractivity contribution in [2.45, 2.75) is 18.9 Å². The molecule has 0 aromatic heterocycles. The van der Waals surface area contributed by atoms with Crippen LogP contribution in [-0.4, -0.2) is 32.1 Å². The molecule has 3 aromatic carbocycles. The molecule has 0 bridgehead atoms. The first-order valence-electron chi connectivity index (χ1n) is 10.7. The van der Waals surface area contributed by atoms with E-state index in [4.69, 9.17) is 18.9 Å². The highest BCUT2D eigenvalue weighted by molar-refractivity contribution is 5.90. The Labute approximate surface area is 190 Å². The molecule has 0 fully saturated rings. The molecule has 2 N–H and O–H groups in total. The Morgan fingerprint density at radius 1 is 0.788 bits per heavy atom. The van der Waals surface area contributed by atoms with Gasteiger partial charge in [0.05, 0.1) is 0 Å². The van der Waals surface area contributed by atoms with Gasteiger partial charge >= 0.3 is 6.03 Å². The maximum absolute atomic E-state index is 13.3. The van der Waals surface area contributed by atoms with E-state index >= 15 is 0 Å². The summed E-state index contributed by atoms with van der Waals surface area (Å²) in [6, 6.07) is 16.7. The van der Waals surface area contributed by atoms with E-state index in [0.29, 0.717) is 54.7 Å². The number of amides is 2. The van der Waals surface area contributed by atoms with Crippen molar-refractivity contribution in [1.82, 2.24) is 5.32 Å². The van der Waals surface area contributed by atoms with E-state index < -0.39 is 0 Å². The van der Waals surface area contributed by atoms with Gasteiger partial charge in [-0.2, -0.15) is 0 Å². The first-order valence-corrected chi connectivity index (χ1v) is 10.7. The van der Waals surface area contributed by atoms with Gasteiger partial charge in [0.1, 0.15) is 19.0 Å². The number of halogens is 1. The van der Waals surface area contributed by atoms with Gasteiger partial charge in [0.2, 0.25) is 6.79 Å². The van der Waals surface area contributed by atoms with Crippen LogP contribution in [0.4, 0.5) is 14.9 Å². The number of anilines is 1. The van der Waals surface area contributed by atoms with Crippen molar-refractivity contribution in [3.63, 3.8) is 0 Å². The molecule has 2 amide bonds. The Hall–Kier alpha value is -3.94. The third-order valence-electron chi connectivity index (χ3n) is 5.45. The van der Waals surface area contributed by atoms with E-state index in [1.165, 1.54) is 12.1 Å². The number of fused-ring (bicyclic) bond motifs is 2. The number of ether oxygens (including phenoxy) is 4. The number of urea groups is 1. The Balaban J connectivity index is 1.30. The van der Waals surface area contributed by atoms with E-state index in [9.17, 15) is 9.18 Å². The van der Waals surface area contributed by atoms with Crippen LogP contribution in [0.1, 0.15) is 11.1 Å². The predicted octanol–water partition coefficient (Wildman–Crippen LogP) is 4.30. The fraction of sp³-hybridized carbons (Fsp3) is 0.240. The highest BCUT2D eigenvalue weighted by Crippen LogP contribution is 2.34. The summed E-state index contributed by atoms with van der Waals surface area (Å²) >= 11 is 0. The number of hydrogen-bond donors (Lipinski definition) is 2. The second kappa shape index (κ2) is 9.28. The third-order valence-corrected chi connectivity index (χ3v) is 5.45. The minimum atomic E-state index is -0.348. The first-order chi connectivity index (χ1) is 16.1. The average molecular weight is 450 g/mol. The first kappa shape index (κ1) is 20.9. The van der Waals surface area contributed by atoms with Crippen LogP contribution in [0.25, 0.3) is 0 Å². The molecule has 0 saturated heterocycles. The van der Waals surface area contributed by atoms with Gasteiger partial charge in [-0.15, -0.1) is 0 Å². The summed E-state index contributed by atoms with van der Waals surface area (Å²) in [6.07, 6.45) is 1.09. The molecule has 3 aromatic rings. The van der Waals surface area contributed by atoms with Crippen LogP contribution in [-0.2, 0) is 12.8 Å². The summed E-state index contributed by atoms with van der Waals surface area (Å²) in [4.78, 5) is 12.8. The largest absolute Gasteiger partial charge is 0.486 e. The minimum Gasteiger partial charge on any atom is -0.486 e. The molecule has 170 valence electrons. The molecule has 5 rings (SSSR count). The smallest absolute Gasteiger partial charge is 0.319 e. The van der Waals surface area contributed by atoms with Gasteiger partial charge in [-0.25, -0.2) is 9.18 Å². The monoisotopic (exact) mass is 450 g/mol. The van der Waals surface area contributed by atoms with Gasteiger partial charge in [0.25, 0.3) is 0 Å². The normalized spacial score (nSPS) is 14.5. The lowest BCUT2D eigenvalue weighted by Gasteiger charge is -2.21. The molecule has 0 saturated carbocycles. The number of hydrogen-bond acceptors (Lipinski definition) is 5. The molecular formula is C25H23FN2O5. The molecule has 2 aliphatic rings. The van der Waals surface area contributed by atoms with Crippen molar-refractivity contribution in [3.05, 3.63) is 77.6 Å². The summed E-state index contributed by atoms with van der Waals surface area (Å²) in [6.45, 7) is 1.18. The van der Waals surface area contributed by atoms with Gasteiger partial charge in [-0.3, -0.25) is 0 Å². The van der Waals surface area contributed by atoms with E-state index in [-0.39, 0.29) is 24.7 Å². The Kier molecular flexibility index (Phi) is 5.89. The van der Waals surface area contributed by atoms with Crippen LogP contribution in [0.2, 0.25) is 0 Å². The van der Waals surface area contributed by atoms with E-state index in [2.05, 4.69) is 10.6 Å². The van der Waals surface area contributed by atoms with Gasteiger partial charge in [-0.05, 0) is 60.4 Å². The fourth-order valence-electron chi connectivity index (χ4n) is 3.91. The highest BCUT2D eigenvalue weighted by Gasteiger charge is 2.19. The molecule has 1 unspecified atom stereocenters. The summed E-state index contributed by atoms with van der Waals surface area (Å²) < 4.78 is 35.3.